The van der Waals surface area contributed by atoms with E-state index in [0.29, 0.717) is 43.4 Å². The van der Waals surface area contributed by atoms with Crippen LogP contribution in [0.4, 0.5) is 4.79 Å². The molecule has 9 heteroatoms. The fourth-order valence-electron chi connectivity index (χ4n) is 3.70. The van der Waals surface area contributed by atoms with Crippen LogP contribution < -0.4 is 4.74 Å². The summed E-state index contributed by atoms with van der Waals surface area (Å²) >= 11 is 0. The third kappa shape index (κ3) is 5.19. The Hall–Kier alpha value is -3.88. The summed E-state index contributed by atoms with van der Waals surface area (Å²) < 4.78 is 12.3. The van der Waals surface area contributed by atoms with Crippen molar-refractivity contribution in [3.63, 3.8) is 0 Å². The minimum Gasteiger partial charge on any atom is -0.481 e. The van der Waals surface area contributed by atoms with Crippen LogP contribution in [0.1, 0.15) is 31.3 Å². The van der Waals surface area contributed by atoms with E-state index in [4.69, 9.17) is 9.47 Å². The van der Waals surface area contributed by atoms with Gasteiger partial charge in [0.1, 0.15) is 5.60 Å². The molecular weight excluding hydrogens is 434 g/mol. The van der Waals surface area contributed by atoms with Gasteiger partial charge in [-0.25, -0.2) is 14.5 Å². The molecule has 0 atom stereocenters. The Labute approximate surface area is 198 Å². The number of carbonyl (C=O) groups is 2. The van der Waals surface area contributed by atoms with Crippen molar-refractivity contribution in [3.05, 3.63) is 60.4 Å². The Bertz CT molecular complexity index is 1140. The lowest BCUT2D eigenvalue weighted by molar-refractivity contribution is 0.0140. The molecule has 0 radical (unpaired) electrons. The van der Waals surface area contributed by atoms with E-state index in [1.54, 1.807) is 39.9 Å². The van der Waals surface area contributed by atoms with Crippen LogP contribution >= 0.6 is 0 Å². The Balaban J connectivity index is 1.55. The van der Waals surface area contributed by atoms with Gasteiger partial charge in [0.2, 0.25) is 5.88 Å². The summed E-state index contributed by atoms with van der Waals surface area (Å²) in [7, 11) is 1.56. The molecule has 3 aromatic rings. The fraction of sp³-hybridized carbons (Fsp3) is 0.360. The zero-order valence-electron chi connectivity index (χ0n) is 19.9. The van der Waals surface area contributed by atoms with Crippen molar-refractivity contribution in [2.75, 3.05) is 33.3 Å². The fourth-order valence-corrected chi connectivity index (χ4v) is 3.70. The SMILES string of the molecule is COc1ccc(-n2nc(C(=O)N3CCN(C(=O)OC(C)(C)C)CC3)cc2-c2ccccc2)cn1. The first-order valence-corrected chi connectivity index (χ1v) is 11.2. The molecule has 2 amide bonds. The Morgan fingerprint density at radius 2 is 1.62 bits per heavy atom. The number of amides is 2. The summed E-state index contributed by atoms with van der Waals surface area (Å²) in [5.41, 5.74) is 2.21. The molecule has 1 aliphatic rings. The van der Waals surface area contributed by atoms with E-state index in [1.165, 1.54) is 0 Å². The van der Waals surface area contributed by atoms with Crippen molar-refractivity contribution in [3.8, 4) is 22.8 Å². The molecule has 0 saturated carbocycles. The average Bonchev–Trinajstić information content (AvgIpc) is 3.29. The number of carbonyl (C=O) groups excluding carboxylic acids is 2. The Kier molecular flexibility index (Phi) is 6.54. The normalized spacial score (nSPS) is 14.1. The molecule has 9 nitrogen and oxygen atoms in total. The smallest absolute Gasteiger partial charge is 0.410 e. The highest BCUT2D eigenvalue weighted by atomic mass is 16.6. The molecule has 1 aromatic carbocycles. The molecule has 1 aliphatic heterocycles. The number of piperazine rings is 1. The highest BCUT2D eigenvalue weighted by molar-refractivity contribution is 5.94. The maximum atomic E-state index is 13.3. The summed E-state index contributed by atoms with van der Waals surface area (Å²) in [6.45, 7) is 7.16. The predicted molar refractivity (Wildman–Crippen MR) is 127 cm³/mol. The molecule has 0 bridgehead atoms. The van der Waals surface area contributed by atoms with Gasteiger partial charge in [-0.15, -0.1) is 0 Å². The van der Waals surface area contributed by atoms with Crippen LogP contribution in [0.15, 0.2) is 54.7 Å². The van der Waals surface area contributed by atoms with Gasteiger partial charge in [0.25, 0.3) is 5.91 Å². The summed E-state index contributed by atoms with van der Waals surface area (Å²) in [6.07, 6.45) is 1.30. The van der Waals surface area contributed by atoms with Crippen LogP contribution in [0, 0.1) is 0 Å². The van der Waals surface area contributed by atoms with Gasteiger partial charge in [0, 0.05) is 37.8 Å². The molecular formula is C25H29N5O4. The van der Waals surface area contributed by atoms with Gasteiger partial charge in [-0.2, -0.15) is 5.10 Å². The molecule has 1 fully saturated rings. The molecule has 3 heterocycles. The molecule has 4 rings (SSSR count). The van der Waals surface area contributed by atoms with Crippen LogP contribution in [-0.2, 0) is 4.74 Å². The second-order valence-corrected chi connectivity index (χ2v) is 9.01. The van der Waals surface area contributed by atoms with Gasteiger partial charge in [0.15, 0.2) is 5.69 Å². The first-order chi connectivity index (χ1) is 16.2. The van der Waals surface area contributed by atoms with Crippen molar-refractivity contribution in [1.29, 1.82) is 0 Å². The van der Waals surface area contributed by atoms with Crippen LogP contribution in [0.2, 0.25) is 0 Å². The lowest BCUT2D eigenvalue weighted by Crippen LogP contribution is -2.51. The van der Waals surface area contributed by atoms with Gasteiger partial charge in [-0.05, 0) is 32.9 Å². The number of benzene rings is 1. The van der Waals surface area contributed by atoms with Gasteiger partial charge >= 0.3 is 6.09 Å². The molecule has 2 aromatic heterocycles. The Morgan fingerprint density at radius 3 is 2.21 bits per heavy atom. The minimum atomic E-state index is -0.555. The number of hydrogen-bond acceptors (Lipinski definition) is 6. The van der Waals surface area contributed by atoms with Gasteiger partial charge < -0.3 is 19.3 Å². The summed E-state index contributed by atoms with van der Waals surface area (Å²) in [5, 5.41) is 4.63. The largest absolute Gasteiger partial charge is 0.481 e. The van der Waals surface area contributed by atoms with E-state index in [2.05, 4.69) is 10.1 Å². The number of pyridine rings is 1. The first kappa shape index (κ1) is 23.3. The molecule has 0 spiro atoms. The maximum absolute atomic E-state index is 13.3. The first-order valence-electron chi connectivity index (χ1n) is 11.2. The van der Waals surface area contributed by atoms with E-state index >= 15 is 0 Å². The standard InChI is InChI=1S/C25H29N5O4/c1-25(2,3)34-24(32)29-14-12-28(13-15-29)23(31)20-16-21(18-8-6-5-7-9-18)30(27-20)19-10-11-22(33-4)26-17-19/h5-11,16-17H,12-15H2,1-4H3. The van der Waals surface area contributed by atoms with E-state index in [0.717, 1.165) is 11.3 Å². The number of rotatable bonds is 4. The van der Waals surface area contributed by atoms with Crippen LogP contribution in [-0.4, -0.2) is 75.5 Å². The topological polar surface area (TPSA) is 89.8 Å². The van der Waals surface area contributed by atoms with Gasteiger partial charge in [-0.3, -0.25) is 4.79 Å². The van der Waals surface area contributed by atoms with Gasteiger partial charge in [-0.1, -0.05) is 30.3 Å². The predicted octanol–water partition coefficient (Wildman–Crippen LogP) is 3.64. The van der Waals surface area contributed by atoms with Crippen molar-refractivity contribution < 1.29 is 19.1 Å². The van der Waals surface area contributed by atoms with Crippen LogP contribution in [0.25, 0.3) is 16.9 Å². The Morgan fingerprint density at radius 1 is 0.941 bits per heavy atom. The van der Waals surface area contributed by atoms with Crippen molar-refractivity contribution >= 4 is 12.0 Å². The van der Waals surface area contributed by atoms with E-state index < -0.39 is 5.60 Å². The lowest BCUT2D eigenvalue weighted by atomic mass is 10.1. The average molecular weight is 464 g/mol. The maximum Gasteiger partial charge on any atom is 0.410 e. The number of hydrogen-bond donors (Lipinski definition) is 0. The van der Waals surface area contributed by atoms with Crippen molar-refractivity contribution in [2.45, 2.75) is 26.4 Å². The van der Waals surface area contributed by atoms with E-state index in [-0.39, 0.29) is 12.0 Å². The molecule has 1 saturated heterocycles. The molecule has 0 aliphatic carbocycles. The second kappa shape index (κ2) is 9.54. The minimum absolute atomic E-state index is 0.179. The third-order valence-electron chi connectivity index (χ3n) is 5.39. The second-order valence-electron chi connectivity index (χ2n) is 9.01. The van der Waals surface area contributed by atoms with Crippen LogP contribution in [0.5, 0.6) is 5.88 Å². The molecule has 34 heavy (non-hydrogen) atoms. The molecule has 0 unspecified atom stereocenters. The van der Waals surface area contributed by atoms with Crippen molar-refractivity contribution in [1.82, 2.24) is 24.6 Å². The number of ether oxygens (including phenoxy) is 2. The number of aromatic nitrogens is 3. The zero-order chi connectivity index (χ0) is 24.3. The molecule has 0 N–H and O–H groups in total. The van der Waals surface area contributed by atoms with E-state index in [1.807, 2.05) is 57.2 Å². The van der Waals surface area contributed by atoms with Crippen molar-refractivity contribution in [2.24, 2.45) is 0 Å². The lowest BCUT2D eigenvalue weighted by Gasteiger charge is -2.35. The third-order valence-corrected chi connectivity index (χ3v) is 5.39. The number of methoxy groups -OCH3 is 1. The van der Waals surface area contributed by atoms with Gasteiger partial charge in [0.05, 0.1) is 24.7 Å². The summed E-state index contributed by atoms with van der Waals surface area (Å²) in [6, 6.07) is 15.2. The van der Waals surface area contributed by atoms with Crippen LogP contribution in [0.3, 0.4) is 0 Å². The quantitative estimate of drug-likeness (QED) is 0.587. The highest BCUT2D eigenvalue weighted by Gasteiger charge is 2.29. The van der Waals surface area contributed by atoms with E-state index in [9.17, 15) is 9.59 Å². The number of nitrogens with zero attached hydrogens (tertiary/aromatic N) is 5. The summed E-state index contributed by atoms with van der Waals surface area (Å²) in [5.74, 6) is 0.317. The highest BCUT2D eigenvalue weighted by Crippen LogP contribution is 2.25. The zero-order valence-corrected chi connectivity index (χ0v) is 19.9. The molecule has 178 valence electrons. The monoisotopic (exact) mass is 463 g/mol. The summed E-state index contributed by atoms with van der Waals surface area (Å²) in [4.78, 5) is 33.3.